The predicted molar refractivity (Wildman–Crippen MR) is 110 cm³/mol. The number of amides is 2. The van der Waals surface area contributed by atoms with E-state index in [4.69, 9.17) is 11.5 Å². The highest BCUT2D eigenvalue weighted by molar-refractivity contribution is 6.04. The molecule has 0 aliphatic carbocycles. The number of hydrogen-bond acceptors (Lipinski definition) is 7. The Hall–Kier alpha value is -2.65. The molecule has 0 fully saturated rings. The van der Waals surface area contributed by atoms with Crippen molar-refractivity contribution in [2.24, 2.45) is 17.4 Å². The number of carbonyl (C=O) groups excluding carboxylic acids is 2. The van der Waals surface area contributed by atoms with Crippen LogP contribution < -0.4 is 16.8 Å². The smallest absolute Gasteiger partial charge is 0.345 e. The number of phenols is 1. The molecule has 0 aliphatic rings. The number of hydrogen-bond donors (Lipinski definition) is 5. The molecule has 9 nitrogen and oxygen atoms in total. The van der Waals surface area contributed by atoms with Gasteiger partial charge >= 0.3 is 5.97 Å². The highest BCUT2D eigenvalue weighted by atomic mass is 16.4. The number of rotatable bonds is 11. The number of carboxylic acids is 1. The molecule has 7 N–H and O–H groups in total. The lowest BCUT2D eigenvalue weighted by Crippen LogP contribution is -2.68. The third kappa shape index (κ3) is 6.16. The van der Waals surface area contributed by atoms with Gasteiger partial charge in [0.15, 0.2) is 5.66 Å². The Morgan fingerprint density at radius 1 is 1.21 bits per heavy atom. The van der Waals surface area contributed by atoms with Crippen LogP contribution in [0.3, 0.4) is 0 Å². The van der Waals surface area contributed by atoms with Gasteiger partial charge in [-0.1, -0.05) is 45.7 Å². The summed E-state index contributed by atoms with van der Waals surface area (Å²) in [5.41, 5.74) is 10.1. The predicted octanol–water partition coefficient (Wildman–Crippen LogP) is 1.46. The molecular formula is C20H32N4O5. The number of imide groups is 1. The first kappa shape index (κ1) is 24.4. The van der Waals surface area contributed by atoms with E-state index in [1.807, 2.05) is 6.92 Å². The Morgan fingerprint density at radius 2 is 1.83 bits per heavy atom. The monoisotopic (exact) mass is 408 g/mol. The Bertz CT molecular complexity index is 725. The van der Waals surface area contributed by atoms with Crippen molar-refractivity contribution in [1.82, 2.24) is 4.90 Å². The number of carbonyl (C=O) groups is 3. The Kier molecular flexibility index (Phi) is 9.06. The molecule has 0 aliphatic heterocycles. The number of unbranched alkanes of at least 4 members (excludes halogenated alkanes) is 2. The molecule has 0 saturated heterocycles. The molecule has 0 saturated carbocycles. The highest BCUT2D eigenvalue weighted by Crippen LogP contribution is 2.24. The number of carboxylic acid groups (broad SMARTS) is 1. The number of nitrogens with two attached hydrogens (primary N) is 2. The van der Waals surface area contributed by atoms with E-state index in [-0.39, 0.29) is 23.8 Å². The quantitative estimate of drug-likeness (QED) is 0.209. The first-order chi connectivity index (χ1) is 13.6. The van der Waals surface area contributed by atoms with Crippen LogP contribution in [0.2, 0.25) is 0 Å². The fraction of sp³-hybridized carbons (Fsp3) is 0.550. The molecule has 1 aromatic rings. The molecule has 9 heteroatoms. The lowest BCUT2D eigenvalue weighted by molar-refractivity contribution is -0.167. The maximum absolute atomic E-state index is 12.9. The number of para-hydroxylation sites is 2. The van der Waals surface area contributed by atoms with E-state index in [1.54, 1.807) is 32.0 Å². The molecule has 162 valence electrons. The van der Waals surface area contributed by atoms with Crippen molar-refractivity contribution in [3.63, 3.8) is 0 Å². The minimum atomic E-state index is -2.21. The summed E-state index contributed by atoms with van der Waals surface area (Å²) in [4.78, 5) is 38.5. The standard InChI is InChI=1S/C20H32N4O5/c1-4-5-8-11-20(22,19(28)29)24(18(27)17(21)13(2)3)16(26)12-23-14-9-6-7-10-15(14)25/h6-7,9-10,13,17,23,25H,4-5,8,11-12,21-22H2,1-3H3,(H,28,29). The maximum Gasteiger partial charge on any atom is 0.345 e. The zero-order valence-corrected chi connectivity index (χ0v) is 17.2. The summed E-state index contributed by atoms with van der Waals surface area (Å²) in [6.45, 7) is 4.90. The van der Waals surface area contributed by atoms with Gasteiger partial charge in [-0.25, -0.2) is 9.69 Å². The normalized spacial score (nSPS) is 14.1. The van der Waals surface area contributed by atoms with Crippen LogP contribution in [0.5, 0.6) is 5.75 Å². The number of aliphatic carboxylic acids is 1. The second kappa shape index (κ2) is 10.8. The van der Waals surface area contributed by atoms with Gasteiger partial charge in [-0.3, -0.25) is 15.3 Å². The molecule has 0 radical (unpaired) electrons. The van der Waals surface area contributed by atoms with E-state index in [0.717, 1.165) is 6.42 Å². The SMILES string of the molecule is CCCCCC(N)(C(=O)O)N(C(=O)CNc1ccccc1O)C(=O)C(N)C(C)C. The zero-order valence-electron chi connectivity index (χ0n) is 17.2. The lowest BCUT2D eigenvalue weighted by atomic mass is 9.96. The van der Waals surface area contributed by atoms with Crippen molar-refractivity contribution in [2.45, 2.75) is 58.2 Å². The summed E-state index contributed by atoms with van der Waals surface area (Å²) >= 11 is 0. The van der Waals surface area contributed by atoms with Crippen LogP contribution in [0.25, 0.3) is 0 Å². The van der Waals surface area contributed by atoms with Gasteiger partial charge in [-0.05, 0) is 30.9 Å². The van der Waals surface area contributed by atoms with E-state index in [1.165, 1.54) is 6.07 Å². The van der Waals surface area contributed by atoms with Gasteiger partial charge in [0.05, 0.1) is 18.3 Å². The van der Waals surface area contributed by atoms with Crippen LogP contribution in [-0.2, 0) is 14.4 Å². The lowest BCUT2D eigenvalue weighted by Gasteiger charge is -2.38. The van der Waals surface area contributed by atoms with Gasteiger partial charge in [-0.2, -0.15) is 0 Å². The van der Waals surface area contributed by atoms with Crippen LogP contribution in [0.1, 0.15) is 46.5 Å². The molecule has 2 unspecified atom stereocenters. The van der Waals surface area contributed by atoms with Gasteiger partial charge in [0.25, 0.3) is 5.91 Å². The van der Waals surface area contributed by atoms with Crippen molar-refractivity contribution < 1.29 is 24.6 Å². The molecule has 0 heterocycles. The maximum atomic E-state index is 12.9. The van der Waals surface area contributed by atoms with Gasteiger partial charge in [0.2, 0.25) is 5.91 Å². The molecule has 29 heavy (non-hydrogen) atoms. The number of nitrogens with zero attached hydrogens (tertiary/aromatic N) is 1. The van der Waals surface area contributed by atoms with Gasteiger partial charge in [0, 0.05) is 0 Å². The first-order valence-electron chi connectivity index (χ1n) is 9.72. The molecule has 0 bridgehead atoms. The summed E-state index contributed by atoms with van der Waals surface area (Å²) in [6.07, 6.45) is 1.86. The zero-order chi connectivity index (χ0) is 22.2. The third-order valence-corrected chi connectivity index (χ3v) is 4.74. The van der Waals surface area contributed by atoms with Crippen LogP contribution in [0.15, 0.2) is 24.3 Å². The average Bonchev–Trinajstić information content (AvgIpc) is 2.66. The van der Waals surface area contributed by atoms with E-state index in [2.05, 4.69) is 5.32 Å². The van der Waals surface area contributed by atoms with E-state index in [0.29, 0.717) is 17.7 Å². The third-order valence-electron chi connectivity index (χ3n) is 4.74. The molecular weight excluding hydrogens is 376 g/mol. The first-order valence-corrected chi connectivity index (χ1v) is 9.72. The summed E-state index contributed by atoms with van der Waals surface area (Å²) in [5, 5.41) is 22.3. The summed E-state index contributed by atoms with van der Waals surface area (Å²) in [6, 6.07) is 5.16. The summed E-state index contributed by atoms with van der Waals surface area (Å²) < 4.78 is 0. The Morgan fingerprint density at radius 3 is 2.34 bits per heavy atom. The molecule has 0 spiro atoms. The Balaban J connectivity index is 3.20. The molecule has 1 aromatic carbocycles. The number of benzene rings is 1. The van der Waals surface area contributed by atoms with Crippen molar-refractivity contribution in [2.75, 3.05) is 11.9 Å². The largest absolute Gasteiger partial charge is 0.506 e. The second-order valence-corrected chi connectivity index (χ2v) is 7.39. The van der Waals surface area contributed by atoms with Gasteiger partial charge in [-0.15, -0.1) is 0 Å². The van der Waals surface area contributed by atoms with Crippen LogP contribution in [-0.4, -0.2) is 51.1 Å². The van der Waals surface area contributed by atoms with Crippen LogP contribution in [0.4, 0.5) is 5.69 Å². The average molecular weight is 408 g/mol. The van der Waals surface area contributed by atoms with Crippen molar-refractivity contribution in [3.05, 3.63) is 24.3 Å². The molecule has 2 amide bonds. The summed E-state index contributed by atoms with van der Waals surface area (Å²) in [5.74, 6) is -3.56. The van der Waals surface area contributed by atoms with Crippen LogP contribution >= 0.6 is 0 Å². The van der Waals surface area contributed by atoms with Crippen molar-refractivity contribution in [3.8, 4) is 5.75 Å². The highest BCUT2D eigenvalue weighted by Gasteiger charge is 2.47. The second-order valence-electron chi connectivity index (χ2n) is 7.39. The molecule has 2 atom stereocenters. The van der Waals surface area contributed by atoms with Crippen molar-refractivity contribution >= 4 is 23.5 Å². The van der Waals surface area contributed by atoms with Gasteiger partial charge in [0.1, 0.15) is 5.75 Å². The van der Waals surface area contributed by atoms with E-state index < -0.39 is 36.0 Å². The molecule has 1 rings (SSSR count). The van der Waals surface area contributed by atoms with Crippen LogP contribution in [0, 0.1) is 5.92 Å². The number of anilines is 1. The number of nitrogens with one attached hydrogen (secondary N) is 1. The minimum Gasteiger partial charge on any atom is -0.506 e. The molecule has 0 aromatic heterocycles. The summed E-state index contributed by atoms with van der Waals surface area (Å²) in [7, 11) is 0. The minimum absolute atomic E-state index is 0.0859. The topological polar surface area (TPSA) is 159 Å². The number of aromatic hydroxyl groups is 1. The van der Waals surface area contributed by atoms with E-state index in [9.17, 15) is 24.6 Å². The fourth-order valence-corrected chi connectivity index (χ4v) is 2.81. The van der Waals surface area contributed by atoms with E-state index >= 15 is 0 Å². The Labute approximate surface area is 171 Å². The fourth-order valence-electron chi connectivity index (χ4n) is 2.81. The number of phenolic OH excluding ortho intramolecular Hbond substituents is 1. The van der Waals surface area contributed by atoms with Crippen molar-refractivity contribution in [1.29, 1.82) is 0 Å². The van der Waals surface area contributed by atoms with Gasteiger partial charge < -0.3 is 21.3 Å².